The summed E-state index contributed by atoms with van der Waals surface area (Å²) >= 11 is 5.99. The molecule has 2 rings (SSSR count). The highest BCUT2D eigenvalue weighted by atomic mass is 35.5. The lowest BCUT2D eigenvalue weighted by Crippen LogP contribution is -2.24. The minimum atomic E-state index is 0.399. The van der Waals surface area contributed by atoms with E-state index in [-0.39, 0.29) is 0 Å². The maximum atomic E-state index is 5.99. The molecule has 1 N–H and O–H groups in total. The number of anilines is 1. The van der Waals surface area contributed by atoms with E-state index in [2.05, 4.69) is 27.2 Å². The van der Waals surface area contributed by atoms with Crippen molar-refractivity contribution in [3.05, 3.63) is 17.0 Å². The smallest absolute Gasteiger partial charge is 0.158 e. The molecule has 0 bridgehead atoms. The number of hydrogen-bond acceptors (Lipinski definition) is 5. The molecular formula is C12H19ClN4O. The number of likely N-dealkylation sites (N-methyl/N-ethyl adjacent to an activating group) is 1. The minimum absolute atomic E-state index is 0.399. The van der Waals surface area contributed by atoms with Gasteiger partial charge in [0.25, 0.3) is 0 Å². The molecule has 1 aliphatic heterocycles. The van der Waals surface area contributed by atoms with Crippen LogP contribution in [-0.2, 0) is 11.3 Å². The highest BCUT2D eigenvalue weighted by molar-refractivity contribution is 6.29. The number of rotatable bonds is 5. The number of nitrogens with zero attached hydrogens (tertiary/aromatic N) is 3. The van der Waals surface area contributed by atoms with Gasteiger partial charge in [0, 0.05) is 25.3 Å². The Bertz CT molecular complexity index is 402. The van der Waals surface area contributed by atoms with E-state index in [1.165, 1.54) is 0 Å². The van der Waals surface area contributed by atoms with Gasteiger partial charge in [-0.25, -0.2) is 9.97 Å². The fraction of sp³-hybridized carbons (Fsp3) is 0.667. The van der Waals surface area contributed by atoms with Gasteiger partial charge in [0.05, 0.1) is 0 Å². The lowest BCUT2D eigenvalue weighted by atomic mass is 10.2. The van der Waals surface area contributed by atoms with E-state index in [1.807, 2.05) is 6.92 Å². The second-order valence-corrected chi connectivity index (χ2v) is 4.91. The Morgan fingerprint density at radius 1 is 1.56 bits per heavy atom. The molecule has 1 unspecified atom stereocenters. The number of aromatic nitrogens is 2. The van der Waals surface area contributed by atoms with Crippen molar-refractivity contribution in [2.45, 2.75) is 26.0 Å². The van der Waals surface area contributed by atoms with Crippen LogP contribution in [0.4, 0.5) is 5.82 Å². The molecule has 0 spiro atoms. The Morgan fingerprint density at radius 3 is 3.06 bits per heavy atom. The minimum Gasteiger partial charge on any atom is -0.374 e. The van der Waals surface area contributed by atoms with Crippen LogP contribution >= 0.6 is 11.6 Å². The maximum Gasteiger partial charge on any atom is 0.158 e. The van der Waals surface area contributed by atoms with E-state index in [9.17, 15) is 0 Å². The van der Waals surface area contributed by atoms with E-state index < -0.39 is 0 Å². The molecular weight excluding hydrogens is 252 g/mol. The number of likely N-dealkylation sites (tertiary alicyclic amines) is 1. The first-order valence-electron chi connectivity index (χ1n) is 6.23. The van der Waals surface area contributed by atoms with Crippen molar-refractivity contribution in [3.63, 3.8) is 0 Å². The predicted octanol–water partition coefficient (Wildman–Crippen LogP) is 1.78. The molecule has 2 heterocycles. The topological polar surface area (TPSA) is 50.3 Å². The Kier molecular flexibility index (Phi) is 4.74. The average molecular weight is 271 g/mol. The van der Waals surface area contributed by atoms with Crippen molar-refractivity contribution in [1.82, 2.24) is 14.9 Å². The third-order valence-corrected chi connectivity index (χ3v) is 3.11. The van der Waals surface area contributed by atoms with E-state index in [0.29, 0.717) is 30.2 Å². The molecule has 18 heavy (non-hydrogen) atoms. The van der Waals surface area contributed by atoms with Crippen molar-refractivity contribution < 1.29 is 4.74 Å². The fourth-order valence-corrected chi connectivity index (χ4v) is 2.26. The van der Waals surface area contributed by atoms with Crippen molar-refractivity contribution in [2.24, 2.45) is 0 Å². The summed E-state index contributed by atoms with van der Waals surface area (Å²) in [7, 11) is 2.12. The van der Waals surface area contributed by atoms with Crippen LogP contribution < -0.4 is 5.32 Å². The van der Waals surface area contributed by atoms with Crippen LogP contribution in [0.3, 0.4) is 0 Å². The molecule has 0 aliphatic carbocycles. The van der Waals surface area contributed by atoms with E-state index in [4.69, 9.17) is 16.3 Å². The summed E-state index contributed by atoms with van der Waals surface area (Å²) in [4.78, 5) is 10.8. The summed E-state index contributed by atoms with van der Waals surface area (Å²) in [5.74, 6) is 1.41. The van der Waals surface area contributed by atoms with Crippen molar-refractivity contribution in [2.75, 3.05) is 32.1 Å². The van der Waals surface area contributed by atoms with Crippen molar-refractivity contribution in [3.8, 4) is 0 Å². The predicted molar refractivity (Wildman–Crippen MR) is 71.9 cm³/mol. The Hall–Kier alpha value is -0.910. The molecule has 1 aromatic heterocycles. The quantitative estimate of drug-likeness (QED) is 0.827. The van der Waals surface area contributed by atoms with Gasteiger partial charge >= 0.3 is 0 Å². The van der Waals surface area contributed by atoms with Crippen molar-refractivity contribution in [1.29, 1.82) is 0 Å². The fourth-order valence-electron chi connectivity index (χ4n) is 2.06. The molecule has 6 heteroatoms. The molecule has 0 saturated carbocycles. The van der Waals surface area contributed by atoms with Crippen LogP contribution in [0.1, 0.15) is 19.2 Å². The molecule has 0 aromatic carbocycles. The van der Waals surface area contributed by atoms with Gasteiger partial charge in [0.2, 0.25) is 0 Å². The summed E-state index contributed by atoms with van der Waals surface area (Å²) in [6.07, 6.45) is 1.12. The molecule has 1 aliphatic rings. The van der Waals surface area contributed by atoms with Crippen LogP contribution in [0.2, 0.25) is 5.15 Å². The third-order valence-electron chi connectivity index (χ3n) is 2.92. The normalized spacial score (nSPS) is 20.3. The van der Waals surface area contributed by atoms with Gasteiger partial charge in [0.1, 0.15) is 17.6 Å². The van der Waals surface area contributed by atoms with E-state index in [0.717, 1.165) is 25.3 Å². The Labute approximate surface area is 113 Å². The van der Waals surface area contributed by atoms with Gasteiger partial charge < -0.3 is 15.0 Å². The van der Waals surface area contributed by atoms with E-state index >= 15 is 0 Å². The molecule has 100 valence electrons. The van der Waals surface area contributed by atoms with E-state index in [1.54, 1.807) is 6.07 Å². The monoisotopic (exact) mass is 270 g/mol. The summed E-state index contributed by atoms with van der Waals surface area (Å²) in [6, 6.07) is 2.19. The van der Waals surface area contributed by atoms with Crippen molar-refractivity contribution >= 4 is 17.4 Å². The van der Waals surface area contributed by atoms with Gasteiger partial charge in [-0.1, -0.05) is 11.6 Å². The molecule has 1 atom stereocenters. The molecule has 5 nitrogen and oxygen atoms in total. The summed E-state index contributed by atoms with van der Waals surface area (Å²) in [6.45, 7) is 5.13. The zero-order valence-corrected chi connectivity index (χ0v) is 11.6. The average Bonchev–Trinajstić information content (AvgIpc) is 2.71. The highest BCUT2D eigenvalue weighted by Gasteiger charge is 2.19. The standard InChI is InChI=1S/C12H19ClN4O/c1-3-18-8-12-15-10(13)6-11(16-12)14-9-4-5-17(2)7-9/h6,9H,3-5,7-8H2,1-2H3,(H,14,15,16). The SMILES string of the molecule is CCOCc1nc(Cl)cc(NC2CCN(C)C2)n1. The Morgan fingerprint density at radius 2 is 2.39 bits per heavy atom. The first-order chi connectivity index (χ1) is 8.67. The van der Waals surface area contributed by atoms with Crippen LogP contribution in [0.25, 0.3) is 0 Å². The zero-order chi connectivity index (χ0) is 13.0. The number of hydrogen-bond donors (Lipinski definition) is 1. The van der Waals surface area contributed by atoms with Gasteiger partial charge in [-0.3, -0.25) is 0 Å². The van der Waals surface area contributed by atoms with Gasteiger partial charge in [-0.15, -0.1) is 0 Å². The molecule has 0 amide bonds. The van der Waals surface area contributed by atoms with Gasteiger partial charge in [0.15, 0.2) is 5.82 Å². The number of ether oxygens (including phenoxy) is 1. The molecule has 0 radical (unpaired) electrons. The van der Waals surface area contributed by atoms with Crippen LogP contribution in [0.5, 0.6) is 0 Å². The summed E-state index contributed by atoms with van der Waals surface area (Å²) in [5.41, 5.74) is 0. The number of halogens is 1. The largest absolute Gasteiger partial charge is 0.374 e. The maximum absolute atomic E-state index is 5.99. The van der Waals surface area contributed by atoms with Crippen LogP contribution in [0.15, 0.2) is 6.07 Å². The molecule has 1 fully saturated rings. The first kappa shape index (κ1) is 13.5. The number of nitrogens with one attached hydrogen (secondary N) is 1. The molecule has 1 aromatic rings. The lowest BCUT2D eigenvalue weighted by Gasteiger charge is -2.14. The lowest BCUT2D eigenvalue weighted by molar-refractivity contribution is 0.128. The first-order valence-corrected chi connectivity index (χ1v) is 6.61. The zero-order valence-electron chi connectivity index (χ0n) is 10.8. The Balaban J connectivity index is 2.00. The second-order valence-electron chi connectivity index (χ2n) is 4.52. The third kappa shape index (κ3) is 3.80. The second kappa shape index (κ2) is 6.31. The van der Waals surface area contributed by atoms with Crippen LogP contribution in [-0.4, -0.2) is 47.7 Å². The van der Waals surface area contributed by atoms with Gasteiger partial charge in [-0.2, -0.15) is 0 Å². The highest BCUT2D eigenvalue weighted by Crippen LogP contribution is 2.16. The summed E-state index contributed by atoms with van der Waals surface area (Å²) < 4.78 is 5.30. The summed E-state index contributed by atoms with van der Waals surface area (Å²) in [5, 5.41) is 3.85. The molecule has 1 saturated heterocycles. The van der Waals surface area contributed by atoms with Crippen LogP contribution in [0, 0.1) is 0 Å². The van der Waals surface area contributed by atoms with Gasteiger partial charge in [-0.05, 0) is 26.9 Å².